The molecule has 10 heteroatoms. The molecule has 78 valence electrons. The summed E-state index contributed by atoms with van der Waals surface area (Å²) in [6, 6.07) is 0. The molecule has 12 heavy (non-hydrogen) atoms. The smallest absolute Gasteiger partial charge is 0.743 e. The minimum absolute atomic E-state index is 0. The number of hydrogen-bond donors (Lipinski definition) is 0. The third kappa shape index (κ3) is 3.56. The third-order valence-corrected chi connectivity index (χ3v) is 3.14. The van der Waals surface area contributed by atoms with Gasteiger partial charge in [0.25, 0.3) is 0 Å². The van der Waals surface area contributed by atoms with Crippen molar-refractivity contribution in [1.82, 2.24) is 0 Å². The van der Waals surface area contributed by atoms with E-state index in [-0.39, 0.29) is 32.6 Å². The first kappa shape index (κ1) is 15.7. The molecule has 0 heterocycles. The second-order valence-corrected chi connectivity index (χ2v) is 4.59. The summed E-state index contributed by atoms with van der Waals surface area (Å²) in [7, 11) is -6.15. The molecule has 0 aliphatic carbocycles. The van der Waals surface area contributed by atoms with Crippen LogP contribution in [-0.4, -0.2) is 23.7 Å². The van der Waals surface area contributed by atoms with Crippen LogP contribution in [0.3, 0.4) is 0 Å². The summed E-state index contributed by atoms with van der Waals surface area (Å²) in [6.45, 7) is 0. The Hall–Kier alpha value is 1.27. The van der Waals surface area contributed by atoms with E-state index >= 15 is 0 Å². The Bertz CT molecular complexity index is 232. The van der Waals surface area contributed by atoms with Crippen molar-refractivity contribution in [2.24, 2.45) is 0 Å². The van der Waals surface area contributed by atoms with E-state index in [0.29, 0.717) is 0 Å². The summed E-state index contributed by atoms with van der Waals surface area (Å²) < 4.78 is 65.0. The van der Waals surface area contributed by atoms with E-state index in [4.69, 9.17) is 0 Å². The average molecular weight is 382 g/mol. The van der Waals surface area contributed by atoms with Crippen LogP contribution in [0.4, 0.5) is 13.2 Å². The SMILES string of the molecule is O=S(=O)([O-])C(F)(F)C(F)SBr.[Ag+]. The van der Waals surface area contributed by atoms with Gasteiger partial charge in [0, 0.05) is 0 Å². The fraction of sp³-hybridized carbons (Fsp3) is 1.00. The van der Waals surface area contributed by atoms with Crippen LogP contribution in [0.1, 0.15) is 0 Å². The molecule has 1 atom stereocenters. The van der Waals surface area contributed by atoms with Gasteiger partial charge in [0.2, 0.25) is 5.50 Å². The molecule has 0 amide bonds. The molecule has 1 unspecified atom stereocenters. The van der Waals surface area contributed by atoms with Gasteiger partial charge in [0.05, 0.1) is 0 Å². The van der Waals surface area contributed by atoms with Crippen molar-refractivity contribution in [2.45, 2.75) is 10.8 Å². The van der Waals surface area contributed by atoms with Crippen molar-refractivity contribution in [3.8, 4) is 0 Å². The van der Waals surface area contributed by atoms with Gasteiger partial charge in [0.15, 0.2) is 10.1 Å². The van der Waals surface area contributed by atoms with E-state index in [0.717, 1.165) is 0 Å². The second kappa shape index (κ2) is 5.23. The first-order valence-electron chi connectivity index (χ1n) is 1.98. The average Bonchev–Trinajstić information content (AvgIpc) is 1.83. The summed E-state index contributed by atoms with van der Waals surface area (Å²) >= 11 is 2.20. The van der Waals surface area contributed by atoms with E-state index in [1.807, 2.05) is 0 Å². The number of alkyl halides is 3. The minimum atomic E-state index is -5.92. The van der Waals surface area contributed by atoms with Crippen molar-refractivity contribution in [3.63, 3.8) is 0 Å². The maximum atomic E-state index is 12.0. The molecule has 0 saturated heterocycles. The molecule has 0 N–H and O–H groups in total. The van der Waals surface area contributed by atoms with Crippen LogP contribution in [-0.2, 0) is 32.5 Å². The summed E-state index contributed by atoms with van der Waals surface area (Å²) in [5.74, 6) is 0. The van der Waals surface area contributed by atoms with Gasteiger partial charge in [-0.25, -0.2) is 12.8 Å². The summed E-state index contributed by atoms with van der Waals surface area (Å²) in [5.41, 5.74) is -3.09. The zero-order valence-electron chi connectivity index (χ0n) is 4.93. The van der Waals surface area contributed by atoms with Crippen molar-refractivity contribution in [2.75, 3.05) is 0 Å². The Morgan fingerprint density at radius 1 is 1.50 bits per heavy atom. The molecule has 0 aromatic rings. The largest absolute Gasteiger partial charge is 1.00 e. The van der Waals surface area contributed by atoms with Gasteiger partial charge in [-0.05, 0) is 25.0 Å². The second-order valence-electron chi connectivity index (χ2n) is 1.42. The Morgan fingerprint density at radius 3 is 1.92 bits per heavy atom. The van der Waals surface area contributed by atoms with E-state index in [1.54, 1.807) is 0 Å². The van der Waals surface area contributed by atoms with Gasteiger partial charge < -0.3 is 4.55 Å². The third-order valence-electron chi connectivity index (χ3n) is 0.676. The first-order valence-corrected chi connectivity index (χ1v) is 6.11. The van der Waals surface area contributed by atoms with Gasteiger partial charge in [-0.15, -0.1) is 0 Å². The fourth-order valence-corrected chi connectivity index (χ4v) is 2.07. The molecule has 0 bridgehead atoms. The molecule has 0 aliphatic rings. The van der Waals surface area contributed by atoms with Gasteiger partial charge in [-0.1, -0.05) is 0 Å². The number of hydrogen-bond acceptors (Lipinski definition) is 4. The van der Waals surface area contributed by atoms with E-state index in [2.05, 4.69) is 14.8 Å². The number of rotatable bonds is 3. The quantitative estimate of drug-likeness (QED) is 0.548. The summed E-state index contributed by atoms with van der Waals surface area (Å²) in [4.78, 5) is 0. The Balaban J connectivity index is 0. The van der Waals surface area contributed by atoms with Crippen LogP contribution in [0.2, 0.25) is 0 Å². The monoisotopic (exact) mass is 380 g/mol. The van der Waals surface area contributed by atoms with Crippen molar-refractivity contribution < 1.29 is 48.5 Å². The van der Waals surface area contributed by atoms with Crippen LogP contribution in [0, 0.1) is 0 Å². The van der Waals surface area contributed by atoms with Gasteiger partial charge in [0.1, 0.15) is 0 Å². The Morgan fingerprint density at radius 2 is 1.83 bits per heavy atom. The fourth-order valence-electron chi connectivity index (χ4n) is 0.165. The molecule has 0 radical (unpaired) electrons. The maximum absolute atomic E-state index is 12.0. The standard InChI is InChI=1S/C2H2BrF3O3S2.Ag/c3-10-1(4)2(5,6)11(7,8)9;/h1H,(H,7,8,9);/q;+1/p-1. The predicted molar refractivity (Wildman–Crippen MR) is 36.1 cm³/mol. The minimum Gasteiger partial charge on any atom is -0.743 e. The van der Waals surface area contributed by atoms with Crippen LogP contribution < -0.4 is 0 Å². The summed E-state index contributed by atoms with van der Waals surface area (Å²) in [5, 5.41) is -4.89. The van der Waals surface area contributed by atoms with Crippen LogP contribution in [0.5, 0.6) is 0 Å². The molecule has 0 aromatic heterocycles. The molecule has 0 aliphatic heterocycles. The molecule has 3 nitrogen and oxygen atoms in total. The van der Waals surface area contributed by atoms with Gasteiger partial charge in [-0.3, -0.25) is 0 Å². The first-order chi connectivity index (χ1) is 4.73. The molecule has 0 rings (SSSR count). The molecule has 0 saturated carbocycles. The maximum Gasteiger partial charge on any atom is 1.00 e. The predicted octanol–water partition coefficient (Wildman–Crippen LogP) is 1.46. The van der Waals surface area contributed by atoms with Gasteiger partial charge in [-0.2, -0.15) is 8.78 Å². The molecule has 0 fully saturated rings. The van der Waals surface area contributed by atoms with Crippen LogP contribution >= 0.6 is 25.0 Å². The normalized spacial score (nSPS) is 15.1. The van der Waals surface area contributed by atoms with E-state index < -0.39 is 20.9 Å². The molecular formula is C2HAgBrF3O3S2. The van der Waals surface area contributed by atoms with Crippen molar-refractivity contribution in [3.05, 3.63) is 0 Å². The zero-order chi connectivity index (χ0) is 9.28. The zero-order valence-corrected chi connectivity index (χ0v) is 9.63. The van der Waals surface area contributed by atoms with Crippen molar-refractivity contribution >= 4 is 35.1 Å². The van der Waals surface area contributed by atoms with E-state index in [1.165, 1.54) is 0 Å². The molecule has 0 aromatic carbocycles. The van der Waals surface area contributed by atoms with Crippen molar-refractivity contribution in [1.29, 1.82) is 0 Å². The number of halogens is 4. The van der Waals surface area contributed by atoms with Crippen LogP contribution in [0.15, 0.2) is 0 Å². The van der Waals surface area contributed by atoms with Crippen LogP contribution in [0.25, 0.3) is 0 Å². The summed E-state index contributed by atoms with van der Waals surface area (Å²) in [6.07, 6.45) is 0. The topological polar surface area (TPSA) is 57.2 Å². The molecule has 0 spiro atoms. The van der Waals surface area contributed by atoms with E-state index in [9.17, 15) is 26.1 Å². The molecular weight excluding hydrogens is 381 g/mol. The Labute approximate surface area is 93.9 Å². The van der Waals surface area contributed by atoms with Gasteiger partial charge >= 0.3 is 27.6 Å². The Kier molecular flexibility index (Phi) is 6.85.